The molecule has 0 aliphatic carbocycles. The maximum Gasteiger partial charge on any atom is 0.189 e. The molecular weight excluding hydrogens is 308 g/mol. The van der Waals surface area contributed by atoms with Crippen LogP contribution in [0.4, 0.5) is 0 Å². The van der Waals surface area contributed by atoms with Gasteiger partial charge >= 0.3 is 0 Å². The predicted octanol–water partition coefficient (Wildman–Crippen LogP) is 3.13. The standard InChI is InChI=1S/C15H15ClN2O2S/c1-12-3-5-14(6-4-12)21(19,20)15(7-9-17,8-10-18)13(2)11-16/h3-6H,2,7-8,11H2,1H3. The number of nitrogens with zero attached hydrogens (tertiary/aromatic N) is 2. The van der Waals surface area contributed by atoms with Gasteiger partial charge in [0, 0.05) is 5.88 Å². The Morgan fingerprint density at radius 1 is 1.24 bits per heavy atom. The van der Waals surface area contributed by atoms with Crippen LogP contribution < -0.4 is 0 Å². The summed E-state index contributed by atoms with van der Waals surface area (Å²) >= 11 is 5.74. The van der Waals surface area contributed by atoms with Gasteiger partial charge in [0.25, 0.3) is 0 Å². The molecule has 0 aliphatic heterocycles. The molecule has 6 heteroatoms. The third-order valence-electron chi connectivity index (χ3n) is 3.38. The maximum atomic E-state index is 12.9. The fourth-order valence-electron chi connectivity index (χ4n) is 2.01. The van der Waals surface area contributed by atoms with Gasteiger partial charge in [-0.25, -0.2) is 8.42 Å². The molecule has 0 amide bonds. The normalized spacial score (nSPS) is 11.4. The van der Waals surface area contributed by atoms with E-state index in [1.54, 1.807) is 12.1 Å². The second-order valence-electron chi connectivity index (χ2n) is 4.72. The minimum Gasteiger partial charge on any atom is -0.223 e. The molecule has 1 aromatic carbocycles. The maximum absolute atomic E-state index is 12.9. The second-order valence-corrected chi connectivity index (χ2v) is 7.24. The minimum atomic E-state index is -3.94. The summed E-state index contributed by atoms with van der Waals surface area (Å²) in [6.07, 6.45) is -0.718. The van der Waals surface area contributed by atoms with Crippen molar-refractivity contribution < 1.29 is 8.42 Å². The van der Waals surface area contributed by atoms with E-state index in [4.69, 9.17) is 22.1 Å². The zero-order valence-corrected chi connectivity index (χ0v) is 13.2. The highest BCUT2D eigenvalue weighted by molar-refractivity contribution is 7.93. The van der Waals surface area contributed by atoms with Crippen LogP contribution >= 0.6 is 11.6 Å². The van der Waals surface area contributed by atoms with Crippen LogP contribution in [0.2, 0.25) is 0 Å². The van der Waals surface area contributed by atoms with Crippen LogP contribution in [-0.4, -0.2) is 19.0 Å². The average Bonchev–Trinajstić information content (AvgIpc) is 2.46. The van der Waals surface area contributed by atoms with Gasteiger partial charge in [-0.3, -0.25) is 0 Å². The number of halogens is 1. The molecule has 0 aromatic heterocycles. The summed E-state index contributed by atoms with van der Waals surface area (Å²) in [5.74, 6) is -0.131. The fourth-order valence-corrected chi connectivity index (χ4v) is 4.25. The van der Waals surface area contributed by atoms with Crippen molar-refractivity contribution in [3.8, 4) is 12.1 Å². The zero-order chi connectivity index (χ0) is 16.1. The molecule has 0 N–H and O–H groups in total. The first-order chi connectivity index (χ1) is 9.85. The van der Waals surface area contributed by atoms with Crippen LogP contribution in [0.25, 0.3) is 0 Å². The molecule has 110 valence electrons. The van der Waals surface area contributed by atoms with Crippen LogP contribution in [0.1, 0.15) is 18.4 Å². The van der Waals surface area contributed by atoms with Gasteiger partial charge in [-0.05, 0) is 24.6 Å². The molecule has 0 aliphatic rings. The van der Waals surface area contributed by atoms with E-state index < -0.39 is 14.6 Å². The zero-order valence-electron chi connectivity index (χ0n) is 11.6. The van der Waals surface area contributed by atoms with Gasteiger partial charge in [0.05, 0.1) is 29.9 Å². The molecule has 1 rings (SSSR count). The summed E-state index contributed by atoms with van der Waals surface area (Å²) < 4.78 is 24.2. The summed E-state index contributed by atoms with van der Waals surface area (Å²) in [6.45, 7) is 5.52. The Balaban J connectivity index is 3.57. The summed E-state index contributed by atoms with van der Waals surface area (Å²) in [5.41, 5.74) is 1.07. The quantitative estimate of drug-likeness (QED) is 0.595. The van der Waals surface area contributed by atoms with Crippen LogP contribution in [0.3, 0.4) is 0 Å². The molecule has 21 heavy (non-hydrogen) atoms. The highest BCUT2D eigenvalue weighted by Crippen LogP contribution is 2.38. The summed E-state index contributed by atoms with van der Waals surface area (Å²) in [4.78, 5) is 0.0601. The summed E-state index contributed by atoms with van der Waals surface area (Å²) in [5, 5.41) is 18.0. The molecule has 0 atom stereocenters. The van der Waals surface area contributed by atoms with Gasteiger partial charge in [-0.1, -0.05) is 24.3 Å². The molecular formula is C15H15ClN2O2S. The van der Waals surface area contributed by atoms with E-state index >= 15 is 0 Å². The van der Waals surface area contributed by atoms with Crippen LogP contribution in [0.5, 0.6) is 0 Å². The summed E-state index contributed by atoms with van der Waals surface area (Å²) in [6, 6.07) is 9.96. The number of hydrogen-bond acceptors (Lipinski definition) is 4. The molecule has 0 heterocycles. The van der Waals surface area contributed by atoms with Crippen molar-refractivity contribution in [3.63, 3.8) is 0 Å². The van der Waals surface area contributed by atoms with Gasteiger partial charge in [0.1, 0.15) is 4.75 Å². The van der Waals surface area contributed by atoms with Crippen LogP contribution in [0.15, 0.2) is 41.3 Å². The third kappa shape index (κ3) is 3.10. The molecule has 0 fully saturated rings. The van der Waals surface area contributed by atoms with Crippen molar-refractivity contribution in [3.05, 3.63) is 42.0 Å². The number of nitriles is 2. The monoisotopic (exact) mass is 322 g/mol. The van der Waals surface area contributed by atoms with E-state index in [1.165, 1.54) is 12.1 Å². The molecule has 0 saturated heterocycles. The first-order valence-electron chi connectivity index (χ1n) is 6.15. The van der Waals surface area contributed by atoms with E-state index in [0.717, 1.165) is 5.56 Å². The molecule has 0 unspecified atom stereocenters. The molecule has 4 nitrogen and oxygen atoms in total. The van der Waals surface area contributed by atoms with Gasteiger partial charge in [0.15, 0.2) is 9.84 Å². The molecule has 0 spiro atoms. The molecule has 1 aromatic rings. The highest BCUT2D eigenvalue weighted by atomic mass is 35.5. The van der Waals surface area contributed by atoms with Gasteiger partial charge in [-0.2, -0.15) is 10.5 Å². The number of hydrogen-bond donors (Lipinski definition) is 0. The Kier molecular flexibility index (Phi) is 5.54. The van der Waals surface area contributed by atoms with Crippen molar-refractivity contribution in [1.29, 1.82) is 10.5 Å². The van der Waals surface area contributed by atoms with E-state index in [2.05, 4.69) is 6.58 Å². The highest BCUT2D eigenvalue weighted by Gasteiger charge is 2.46. The lowest BCUT2D eigenvalue weighted by Crippen LogP contribution is -2.40. The van der Waals surface area contributed by atoms with Gasteiger partial charge < -0.3 is 0 Å². The van der Waals surface area contributed by atoms with E-state index in [1.807, 2.05) is 19.1 Å². The van der Waals surface area contributed by atoms with Crippen LogP contribution in [-0.2, 0) is 9.84 Å². The number of benzene rings is 1. The van der Waals surface area contributed by atoms with Crippen molar-refractivity contribution in [2.45, 2.75) is 29.4 Å². The lowest BCUT2D eigenvalue weighted by atomic mass is 9.94. The first-order valence-corrected chi connectivity index (χ1v) is 8.17. The van der Waals surface area contributed by atoms with Crippen molar-refractivity contribution in [2.75, 3.05) is 5.88 Å². The predicted molar refractivity (Wildman–Crippen MR) is 81.4 cm³/mol. The fraction of sp³-hybridized carbons (Fsp3) is 0.333. The third-order valence-corrected chi connectivity index (χ3v) is 6.20. The van der Waals surface area contributed by atoms with Crippen molar-refractivity contribution in [2.24, 2.45) is 0 Å². The number of sulfone groups is 1. The van der Waals surface area contributed by atoms with Gasteiger partial charge in [-0.15, -0.1) is 11.6 Å². The topological polar surface area (TPSA) is 81.7 Å². The van der Waals surface area contributed by atoms with E-state index in [0.29, 0.717) is 0 Å². The lowest BCUT2D eigenvalue weighted by molar-refractivity contribution is 0.546. The summed E-state index contributed by atoms with van der Waals surface area (Å²) in [7, 11) is -3.94. The Morgan fingerprint density at radius 2 is 1.71 bits per heavy atom. The second kappa shape index (κ2) is 6.76. The van der Waals surface area contributed by atoms with E-state index in [-0.39, 0.29) is 29.2 Å². The largest absolute Gasteiger partial charge is 0.223 e. The molecule has 0 radical (unpaired) electrons. The Morgan fingerprint density at radius 3 is 2.10 bits per heavy atom. The molecule has 0 bridgehead atoms. The molecule has 0 saturated carbocycles. The van der Waals surface area contributed by atoms with Crippen molar-refractivity contribution >= 4 is 21.4 Å². The Hall–Kier alpha value is -1.82. The first kappa shape index (κ1) is 17.2. The number of alkyl halides is 1. The van der Waals surface area contributed by atoms with Crippen molar-refractivity contribution in [1.82, 2.24) is 0 Å². The Bertz CT molecular complexity index is 694. The minimum absolute atomic E-state index is 0.0601. The smallest absolute Gasteiger partial charge is 0.189 e. The average molecular weight is 323 g/mol. The SMILES string of the molecule is C=C(CCl)C(CC#N)(CC#N)S(=O)(=O)c1ccc(C)cc1. The number of aryl methyl sites for hydroxylation is 1. The lowest BCUT2D eigenvalue weighted by Gasteiger charge is -2.30. The number of rotatable bonds is 6. The van der Waals surface area contributed by atoms with E-state index in [9.17, 15) is 8.42 Å². The van der Waals surface area contributed by atoms with Gasteiger partial charge in [0.2, 0.25) is 0 Å². The van der Waals surface area contributed by atoms with Crippen LogP contribution in [0, 0.1) is 29.6 Å². The Labute approximate surface area is 130 Å².